The van der Waals surface area contributed by atoms with Crippen LogP contribution >= 0.6 is 0 Å². The highest BCUT2D eigenvalue weighted by molar-refractivity contribution is 6.01. The van der Waals surface area contributed by atoms with E-state index in [4.69, 9.17) is 10.9 Å². The standard InChI is InChI=1S/C12H17N5O3/c1-16(8-4-2-3-5-8)12-10(11(13)15-18)6-9(7-14-12)17(19)20/h6-8,18H,2-5H2,1H3,(H2,13,15). The average molecular weight is 279 g/mol. The van der Waals surface area contributed by atoms with Crippen LogP contribution in [-0.2, 0) is 0 Å². The van der Waals surface area contributed by atoms with Crippen molar-refractivity contribution in [2.45, 2.75) is 31.7 Å². The number of nitrogens with zero attached hydrogens (tertiary/aromatic N) is 4. The van der Waals surface area contributed by atoms with E-state index in [0.29, 0.717) is 11.9 Å². The van der Waals surface area contributed by atoms with E-state index < -0.39 is 4.92 Å². The fraction of sp³-hybridized carbons (Fsp3) is 0.500. The molecule has 0 radical (unpaired) electrons. The predicted octanol–water partition coefficient (Wildman–Crippen LogP) is 1.46. The summed E-state index contributed by atoms with van der Waals surface area (Å²) in [7, 11) is 1.87. The SMILES string of the molecule is CN(c1ncc([N+](=O)[O-])cc1C(N)=NO)C1CCCC1. The van der Waals surface area contributed by atoms with Crippen molar-refractivity contribution in [1.29, 1.82) is 0 Å². The number of rotatable bonds is 4. The smallest absolute Gasteiger partial charge is 0.288 e. The molecule has 0 aliphatic heterocycles. The summed E-state index contributed by atoms with van der Waals surface area (Å²) >= 11 is 0. The Bertz CT molecular complexity index is 540. The lowest BCUT2D eigenvalue weighted by Crippen LogP contribution is -2.32. The van der Waals surface area contributed by atoms with E-state index in [2.05, 4.69) is 10.1 Å². The summed E-state index contributed by atoms with van der Waals surface area (Å²) in [4.78, 5) is 16.3. The average Bonchev–Trinajstić information content (AvgIpc) is 2.99. The topological polar surface area (TPSA) is 118 Å². The van der Waals surface area contributed by atoms with Gasteiger partial charge in [0.15, 0.2) is 5.84 Å². The fourth-order valence-electron chi connectivity index (χ4n) is 2.53. The predicted molar refractivity (Wildman–Crippen MR) is 74.1 cm³/mol. The van der Waals surface area contributed by atoms with Crippen LogP contribution in [0.3, 0.4) is 0 Å². The van der Waals surface area contributed by atoms with Crippen molar-refractivity contribution in [3.8, 4) is 0 Å². The van der Waals surface area contributed by atoms with Gasteiger partial charge >= 0.3 is 0 Å². The van der Waals surface area contributed by atoms with E-state index in [1.807, 2.05) is 11.9 Å². The number of pyridine rings is 1. The third-order valence-electron chi connectivity index (χ3n) is 3.65. The van der Waals surface area contributed by atoms with Crippen LogP contribution < -0.4 is 10.6 Å². The number of hydrogen-bond donors (Lipinski definition) is 2. The summed E-state index contributed by atoms with van der Waals surface area (Å²) in [5, 5.41) is 22.6. The summed E-state index contributed by atoms with van der Waals surface area (Å²) in [5.74, 6) is 0.318. The number of oxime groups is 1. The molecule has 0 spiro atoms. The number of nitrogens with two attached hydrogens (primary N) is 1. The van der Waals surface area contributed by atoms with Crippen molar-refractivity contribution in [3.05, 3.63) is 27.9 Å². The lowest BCUT2D eigenvalue weighted by molar-refractivity contribution is -0.385. The van der Waals surface area contributed by atoms with Crippen LogP contribution in [0.1, 0.15) is 31.2 Å². The molecule has 0 amide bonds. The first kappa shape index (κ1) is 14.0. The van der Waals surface area contributed by atoms with Gasteiger partial charge in [0, 0.05) is 19.2 Å². The van der Waals surface area contributed by atoms with E-state index in [1.165, 1.54) is 12.3 Å². The quantitative estimate of drug-likeness (QED) is 0.283. The second-order valence-corrected chi connectivity index (χ2v) is 4.86. The molecule has 0 saturated heterocycles. The molecule has 8 nitrogen and oxygen atoms in total. The van der Waals surface area contributed by atoms with Gasteiger partial charge < -0.3 is 15.8 Å². The highest BCUT2D eigenvalue weighted by atomic mass is 16.6. The second-order valence-electron chi connectivity index (χ2n) is 4.86. The third kappa shape index (κ3) is 2.63. The zero-order chi connectivity index (χ0) is 14.7. The minimum absolute atomic E-state index is 0.180. The van der Waals surface area contributed by atoms with E-state index in [9.17, 15) is 10.1 Å². The van der Waals surface area contributed by atoms with Gasteiger partial charge in [-0.25, -0.2) is 4.98 Å². The van der Waals surface area contributed by atoms with Crippen molar-refractivity contribution in [2.75, 3.05) is 11.9 Å². The van der Waals surface area contributed by atoms with Crippen molar-refractivity contribution in [3.63, 3.8) is 0 Å². The molecule has 1 aromatic heterocycles. The molecule has 1 aliphatic carbocycles. The van der Waals surface area contributed by atoms with Crippen LogP contribution in [0.25, 0.3) is 0 Å². The van der Waals surface area contributed by atoms with E-state index >= 15 is 0 Å². The second kappa shape index (κ2) is 5.72. The Morgan fingerprint density at radius 1 is 1.60 bits per heavy atom. The van der Waals surface area contributed by atoms with Gasteiger partial charge in [-0.3, -0.25) is 10.1 Å². The zero-order valence-corrected chi connectivity index (χ0v) is 11.2. The fourth-order valence-corrected chi connectivity index (χ4v) is 2.53. The maximum absolute atomic E-state index is 10.8. The molecule has 0 bridgehead atoms. The Morgan fingerprint density at radius 2 is 2.25 bits per heavy atom. The maximum atomic E-state index is 10.8. The largest absolute Gasteiger partial charge is 0.409 e. The molecule has 1 fully saturated rings. The van der Waals surface area contributed by atoms with Crippen LogP contribution in [0.15, 0.2) is 17.4 Å². The summed E-state index contributed by atoms with van der Waals surface area (Å²) in [6.45, 7) is 0. The Hall–Kier alpha value is -2.38. The zero-order valence-electron chi connectivity index (χ0n) is 11.2. The highest BCUT2D eigenvalue weighted by Crippen LogP contribution is 2.29. The van der Waals surface area contributed by atoms with Gasteiger partial charge in [-0.05, 0) is 12.8 Å². The normalized spacial score (nSPS) is 16.4. The van der Waals surface area contributed by atoms with Crippen LogP contribution in [0.5, 0.6) is 0 Å². The molecule has 0 aromatic carbocycles. The molecule has 1 saturated carbocycles. The molecule has 1 aliphatic rings. The molecule has 3 N–H and O–H groups in total. The van der Waals surface area contributed by atoms with Gasteiger partial charge in [0.05, 0.1) is 10.5 Å². The van der Waals surface area contributed by atoms with Crippen molar-refractivity contribution >= 4 is 17.3 Å². The molecule has 0 unspecified atom stereocenters. The Morgan fingerprint density at radius 3 is 2.80 bits per heavy atom. The Kier molecular flexibility index (Phi) is 4.02. The van der Waals surface area contributed by atoms with E-state index in [-0.39, 0.29) is 17.1 Å². The number of anilines is 1. The first-order chi connectivity index (χ1) is 9.54. The lowest BCUT2D eigenvalue weighted by atomic mass is 10.1. The lowest BCUT2D eigenvalue weighted by Gasteiger charge is -2.26. The van der Waals surface area contributed by atoms with Crippen LogP contribution in [0.2, 0.25) is 0 Å². The first-order valence-corrected chi connectivity index (χ1v) is 6.39. The van der Waals surface area contributed by atoms with Gasteiger partial charge in [-0.2, -0.15) is 0 Å². The summed E-state index contributed by atoms with van der Waals surface area (Å²) in [6.07, 6.45) is 5.59. The third-order valence-corrected chi connectivity index (χ3v) is 3.65. The molecule has 20 heavy (non-hydrogen) atoms. The van der Waals surface area contributed by atoms with Crippen LogP contribution in [0.4, 0.5) is 11.5 Å². The van der Waals surface area contributed by atoms with Gasteiger partial charge in [0.1, 0.15) is 12.0 Å². The summed E-state index contributed by atoms with van der Waals surface area (Å²) in [6, 6.07) is 1.61. The van der Waals surface area contributed by atoms with E-state index in [1.54, 1.807) is 0 Å². The summed E-state index contributed by atoms with van der Waals surface area (Å²) in [5.41, 5.74) is 5.70. The number of hydrogen-bond acceptors (Lipinski definition) is 6. The molecular formula is C12H17N5O3. The molecule has 8 heteroatoms. The van der Waals surface area contributed by atoms with Gasteiger partial charge in [-0.15, -0.1) is 0 Å². The molecule has 0 atom stereocenters. The molecular weight excluding hydrogens is 262 g/mol. The number of nitro groups is 1. The van der Waals surface area contributed by atoms with E-state index in [0.717, 1.165) is 25.7 Å². The first-order valence-electron chi connectivity index (χ1n) is 6.39. The minimum Gasteiger partial charge on any atom is -0.409 e. The number of amidine groups is 1. The molecule has 108 valence electrons. The number of aromatic nitrogens is 1. The molecule has 1 aromatic rings. The molecule has 2 rings (SSSR count). The molecule has 1 heterocycles. The van der Waals surface area contributed by atoms with Gasteiger partial charge in [0.2, 0.25) is 0 Å². The van der Waals surface area contributed by atoms with Crippen LogP contribution in [-0.4, -0.2) is 34.0 Å². The van der Waals surface area contributed by atoms with Crippen molar-refractivity contribution < 1.29 is 10.1 Å². The summed E-state index contributed by atoms with van der Waals surface area (Å²) < 4.78 is 0. The monoisotopic (exact) mass is 279 g/mol. The maximum Gasteiger partial charge on any atom is 0.288 e. The minimum atomic E-state index is -0.555. The van der Waals surface area contributed by atoms with Crippen molar-refractivity contribution in [1.82, 2.24) is 4.98 Å². The van der Waals surface area contributed by atoms with Gasteiger partial charge in [0.25, 0.3) is 5.69 Å². The van der Waals surface area contributed by atoms with Crippen molar-refractivity contribution in [2.24, 2.45) is 10.9 Å². The Labute approximate surface area is 116 Å². The van der Waals surface area contributed by atoms with Gasteiger partial charge in [-0.1, -0.05) is 18.0 Å². The highest BCUT2D eigenvalue weighted by Gasteiger charge is 2.25. The Balaban J connectivity index is 2.43. The van der Waals surface area contributed by atoms with Crippen LogP contribution in [0, 0.1) is 10.1 Å².